The minimum absolute atomic E-state index is 0.389. The highest BCUT2D eigenvalue weighted by Crippen LogP contribution is 2.22. The maximum Gasteiger partial charge on any atom is 0.150 e. The van der Waals surface area contributed by atoms with E-state index in [2.05, 4.69) is 40.6 Å². The van der Waals surface area contributed by atoms with Gasteiger partial charge < -0.3 is 11.1 Å². The number of hydrogen-bond donors (Lipinski definition) is 2. The molecule has 0 saturated carbocycles. The largest absolute Gasteiger partial charge is 0.395 e. The van der Waals surface area contributed by atoms with Crippen molar-refractivity contribution in [2.75, 3.05) is 11.1 Å². The molecule has 3 rings (SSSR count). The fraction of sp³-hybridized carbons (Fsp3) is 0.0588. The van der Waals surface area contributed by atoms with Gasteiger partial charge in [-0.2, -0.15) is 5.26 Å². The third kappa shape index (κ3) is 2.49. The SMILES string of the molecule is N#Cc1ccnc(NCc2cccc3ccccc23)c1N. The Morgan fingerprint density at radius 1 is 1.10 bits per heavy atom. The molecular weight excluding hydrogens is 260 g/mol. The quantitative estimate of drug-likeness (QED) is 0.768. The van der Waals surface area contributed by atoms with E-state index >= 15 is 0 Å². The Hall–Kier alpha value is -3.06. The van der Waals surface area contributed by atoms with E-state index in [4.69, 9.17) is 11.0 Å². The number of nitrogens with one attached hydrogen (secondary N) is 1. The summed E-state index contributed by atoms with van der Waals surface area (Å²) in [6.45, 7) is 0.605. The molecule has 0 bridgehead atoms. The van der Waals surface area contributed by atoms with Crippen molar-refractivity contribution in [2.45, 2.75) is 6.54 Å². The second kappa shape index (κ2) is 5.51. The van der Waals surface area contributed by atoms with Gasteiger partial charge in [0.2, 0.25) is 0 Å². The maximum absolute atomic E-state index is 8.98. The van der Waals surface area contributed by atoms with Crippen molar-refractivity contribution in [3.05, 3.63) is 65.9 Å². The van der Waals surface area contributed by atoms with Crippen LogP contribution < -0.4 is 11.1 Å². The molecule has 0 spiro atoms. The molecule has 0 aliphatic rings. The first-order chi connectivity index (χ1) is 10.3. The average Bonchev–Trinajstić information content (AvgIpc) is 2.54. The van der Waals surface area contributed by atoms with Crippen molar-refractivity contribution in [3.63, 3.8) is 0 Å². The van der Waals surface area contributed by atoms with Crippen LogP contribution in [0.1, 0.15) is 11.1 Å². The van der Waals surface area contributed by atoms with Gasteiger partial charge in [-0.05, 0) is 22.4 Å². The zero-order valence-electron chi connectivity index (χ0n) is 11.4. The number of fused-ring (bicyclic) bond motifs is 1. The van der Waals surface area contributed by atoms with Crippen molar-refractivity contribution in [1.82, 2.24) is 4.98 Å². The molecule has 0 saturated heterocycles. The van der Waals surface area contributed by atoms with Gasteiger partial charge in [0.25, 0.3) is 0 Å². The van der Waals surface area contributed by atoms with Crippen molar-refractivity contribution >= 4 is 22.3 Å². The van der Waals surface area contributed by atoms with Crippen molar-refractivity contribution < 1.29 is 0 Å². The van der Waals surface area contributed by atoms with Crippen molar-refractivity contribution in [2.24, 2.45) is 0 Å². The number of anilines is 2. The van der Waals surface area contributed by atoms with Crippen LogP contribution in [0.25, 0.3) is 10.8 Å². The lowest BCUT2D eigenvalue weighted by atomic mass is 10.0. The molecule has 0 fully saturated rings. The predicted octanol–water partition coefficient (Wildman–Crippen LogP) is 3.30. The van der Waals surface area contributed by atoms with Gasteiger partial charge in [-0.3, -0.25) is 0 Å². The second-order valence-electron chi connectivity index (χ2n) is 4.72. The number of nitrogens with two attached hydrogens (primary N) is 1. The molecule has 0 aliphatic heterocycles. The molecule has 1 heterocycles. The molecule has 0 amide bonds. The number of benzene rings is 2. The van der Waals surface area contributed by atoms with E-state index in [1.807, 2.05) is 18.2 Å². The molecule has 1 aromatic heterocycles. The van der Waals surface area contributed by atoms with Crippen molar-refractivity contribution in [3.8, 4) is 6.07 Å². The van der Waals surface area contributed by atoms with Crippen LogP contribution in [0.3, 0.4) is 0 Å². The van der Waals surface area contributed by atoms with Gasteiger partial charge in [-0.25, -0.2) is 4.98 Å². The maximum atomic E-state index is 8.98. The number of pyridine rings is 1. The monoisotopic (exact) mass is 274 g/mol. The van der Waals surface area contributed by atoms with Crippen LogP contribution in [0.15, 0.2) is 54.7 Å². The number of aromatic nitrogens is 1. The fourth-order valence-corrected chi connectivity index (χ4v) is 2.34. The van der Waals surface area contributed by atoms with Gasteiger partial charge in [-0.1, -0.05) is 42.5 Å². The third-order valence-corrected chi connectivity index (χ3v) is 3.44. The van der Waals surface area contributed by atoms with Gasteiger partial charge in [0.15, 0.2) is 5.82 Å². The smallest absolute Gasteiger partial charge is 0.150 e. The molecule has 2 aromatic carbocycles. The standard InChI is InChI=1S/C17H14N4/c18-10-13-8-9-20-17(16(13)19)21-11-14-6-3-5-12-4-1-2-7-15(12)14/h1-9H,11,19H2,(H,20,21). The molecular formula is C17H14N4. The number of nitrogen functional groups attached to an aromatic ring is 1. The molecule has 102 valence electrons. The summed E-state index contributed by atoms with van der Waals surface area (Å²) >= 11 is 0. The zero-order chi connectivity index (χ0) is 14.7. The van der Waals surface area contributed by atoms with E-state index in [0.717, 1.165) is 5.56 Å². The molecule has 0 aliphatic carbocycles. The van der Waals surface area contributed by atoms with Crippen LogP contribution in [-0.4, -0.2) is 4.98 Å². The van der Waals surface area contributed by atoms with Crippen LogP contribution in [0, 0.1) is 11.3 Å². The normalized spacial score (nSPS) is 10.2. The first-order valence-corrected chi connectivity index (χ1v) is 6.64. The predicted molar refractivity (Wildman–Crippen MR) is 84.6 cm³/mol. The lowest BCUT2D eigenvalue weighted by Gasteiger charge is -2.11. The fourth-order valence-electron chi connectivity index (χ4n) is 2.34. The van der Waals surface area contributed by atoms with Gasteiger partial charge in [-0.15, -0.1) is 0 Å². The van der Waals surface area contributed by atoms with E-state index < -0.39 is 0 Å². The number of hydrogen-bond acceptors (Lipinski definition) is 4. The molecule has 3 aromatic rings. The van der Waals surface area contributed by atoms with E-state index in [0.29, 0.717) is 23.6 Å². The van der Waals surface area contributed by atoms with E-state index in [9.17, 15) is 0 Å². The number of nitriles is 1. The first kappa shape index (κ1) is 12.9. The minimum atomic E-state index is 0.389. The van der Waals surface area contributed by atoms with E-state index in [1.165, 1.54) is 10.8 Å². The van der Waals surface area contributed by atoms with Crippen LogP contribution >= 0.6 is 0 Å². The van der Waals surface area contributed by atoms with Crippen LogP contribution in [-0.2, 0) is 6.54 Å². The number of nitrogens with zero attached hydrogens (tertiary/aromatic N) is 2. The first-order valence-electron chi connectivity index (χ1n) is 6.64. The van der Waals surface area contributed by atoms with Crippen LogP contribution in [0.2, 0.25) is 0 Å². The minimum Gasteiger partial charge on any atom is -0.395 e. The molecule has 4 heteroatoms. The average molecular weight is 274 g/mol. The molecule has 0 atom stereocenters. The highest BCUT2D eigenvalue weighted by atomic mass is 15.0. The Labute approximate surface area is 122 Å². The highest BCUT2D eigenvalue weighted by molar-refractivity contribution is 5.86. The number of rotatable bonds is 3. The zero-order valence-corrected chi connectivity index (χ0v) is 11.4. The van der Waals surface area contributed by atoms with Gasteiger partial charge in [0, 0.05) is 12.7 Å². The van der Waals surface area contributed by atoms with Gasteiger partial charge in [0.05, 0.1) is 11.3 Å². The summed E-state index contributed by atoms with van der Waals surface area (Å²) < 4.78 is 0. The summed E-state index contributed by atoms with van der Waals surface area (Å²) in [6, 6.07) is 18.1. The second-order valence-corrected chi connectivity index (χ2v) is 4.72. The molecule has 3 N–H and O–H groups in total. The Bertz CT molecular complexity index is 828. The summed E-state index contributed by atoms with van der Waals surface area (Å²) in [5.74, 6) is 0.544. The van der Waals surface area contributed by atoms with Crippen molar-refractivity contribution in [1.29, 1.82) is 5.26 Å². The summed E-state index contributed by atoms with van der Waals surface area (Å²) in [7, 11) is 0. The third-order valence-electron chi connectivity index (χ3n) is 3.44. The highest BCUT2D eigenvalue weighted by Gasteiger charge is 2.06. The summed E-state index contributed by atoms with van der Waals surface area (Å²) in [6.07, 6.45) is 1.58. The summed E-state index contributed by atoms with van der Waals surface area (Å²) in [5.41, 5.74) is 7.91. The molecule has 4 nitrogen and oxygen atoms in total. The van der Waals surface area contributed by atoms with Crippen LogP contribution in [0.5, 0.6) is 0 Å². The Kier molecular flexibility index (Phi) is 3.40. The Morgan fingerprint density at radius 2 is 1.90 bits per heavy atom. The summed E-state index contributed by atoms with van der Waals surface area (Å²) in [5, 5.41) is 14.6. The van der Waals surface area contributed by atoms with E-state index in [1.54, 1.807) is 12.3 Å². The van der Waals surface area contributed by atoms with Gasteiger partial charge in [0.1, 0.15) is 6.07 Å². The lowest BCUT2D eigenvalue weighted by Crippen LogP contribution is -2.06. The molecule has 0 unspecified atom stereocenters. The molecule has 0 radical (unpaired) electrons. The Balaban J connectivity index is 1.89. The topological polar surface area (TPSA) is 74.7 Å². The molecule has 21 heavy (non-hydrogen) atoms. The lowest BCUT2D eigenvalue weighted by molar-refractivity contribution is 1.12. The summed E-state index contributed by atoms with van der Waals surface area (Å²) in [4.78, 5) is 4.19. The van der Waals surface area contributed by atoms with E-state index in [-0.39, 0.29) is 0 Å². The Morgan fingerprint density at radius 3 is 2.76 bits per heavy atom. The van der Waals surface area contributed by atoms with Crippen LogP contribution in [0.4, 0.5) is 11.5 Å². The van der Waals surface area contributed by atoms with Gasteiger partial charge >= 0.3 is 0 Å².